The van der Waals surface area contributed by atoms with Crippen LogP contribution in [-0.4, -0.2) is 30.3 Å². The van der Waals surface area contributed by atoms with Crippen molar-refractivity contribution in [2.45, 2.75) is 6.54 Å². The van der Waals surface area contributed by atoms with Crippen LogP contribution in [0.1, 0.15) is 5.56 Å². The fourth-order valence-electron chi connectivity index (χ4n) is 1.71. The van der Waals surface area contributed by atoms with Gasteiger partial charge in [-0.3, -0.25) is 4.90 Å². The summed E-state index contributed by atoms with van der Waals surface area (Å²) in [4.78, 5) is 2.37. The molecule has 0 atom stereocenters. The summed E-state index contributed by atoms with van der Waals surface area (Å²) in [5, 5.41) is 0. The zero-order valence-electron chi connectivity index (χ0n) is 8.15. The maximum atomic E-state index is 5.66. The summed E-state index contributed by atoms with van der Waals surface area (Å²) in [5.74, 6) is 1.94. The highest BCUT2D eigenvalue weighted by Crippen LogP contribution is 2.21. The van der Waals surface area contributed by atoms with Crippen LogP contribution in [0.3, 0.4) is 0 Å². The summed E-state index contributed by atoms with van der Waals surface area (Å²) in [6.45, 7) is 3.79. The molecular weight excluding hydrogens is 194 g/mol. The molecule has 2 nitrogen and oxygen atoms in total. The number of benzene rings is 1. The van der Waals surface area contributed by atoms with Gasteiger partial charge < -0.3 is 4.74 Å². The van der Waals surface area contributed by atoms with Gasteiger partial charge in [0.05, 0.1) is 0 Å². The van der Waals surface area contributed by atoms with Crippen molar-refractivity contribution < 1.29 is 4.74 Å². The standard InChI is InChI=1S/C11H15NOS/c14-8-6-12-5-7-13-11-4-2-1-3-10(11)9-12/h1-4,14H,5-9H2. The Hall–Kier alpha value is -0.670. The molecule has 0 aliphatic carbocycles. The molecule has 3 heteroatoms. The summed E-state index contributed by atoms with van der Waals surface area (Å²) >= 11 is 4.25. The second-order valence-electron chi connectivity index (χ2n) is 3.46. The highest BCUT2D eigenvalue weighted by molar-refractivity contribution is 7.80. The Balaban J connectivity index is 2.14. The van der Waals surface area contributed by atoms with Gasteiger partial charge in [0.15, 0.2) is 0 Å². The van der Waals surface area contributed by atoms with E-state index in [0.29, 0.717) is 0 Å². The fourth-order valence-corrected chi connectivity index (χ4v) is 2.00. The molecule has 0 bridgehead atoms. The third kappa shape index (κ3) is 2.22. The van der Waals surface area contributed by atoms with Gasteiger partial charge in [0, 0.05) is 31.0 Å². The summed E-state index contributed by atoms with van der Waals surface area (Å²) in [5.41, 5.74) is 1.28. The maximum absolute atomic E-state index is 5.66. The zero-order valence-corrected chi connectivity index (χ0v) is 9.04. The molecule has 1 heterocycles. The van der Waals surface area contributed by atoms with E-state index in [1.807, 2.05) is 12.1 Å². The molecule has 0 amide bonds. The van der Waals surface area contributed by atoms with Gasteiger partial charge >= 0.3 is 0 Å². The molecule has 0 fully saturated rings. The van der Waals surface area contributed by atoms with Crippen LogP contribution in [0.4, 0.5) is 0 Å². The van der Waals surface area contributed by atoms with Crippen LogP contribution in [0.5, 0.6) is 5.75 Å². The second-order valence-corrected chi connectivity index (χ2v) is 3.90. The molecule has 0 saturated carbocycles. The topological polar surface area (TPSA) is 12.5 Å². The number of hydrogen-bond acceptors (Lipinski definition) is 3. The van der Waals surface area contributed by atoms with E-state index in [2.05, 4.69) is 29.7 Å². The Morgan fingerprint density at radius 1 is 1.36 bits per heavy atom. The number of nitrogens with zero attached hydrogens (tertiary/aromatic N) is 1. The SMILES string of the molecule is SCCN1CCOc2ccccc2C1. The lowest BCUT2D eigenvalue weighted by Crippen LogP contribution is -2.27. The second kappa shape index (κ2) is 4.71. The molecule has 1 aliphatic heterocycles. The minimum atomic E-state index is 0.783. The Morgan fingerprint density at radius 2 is 2.21 bits per heavy atom. The highest BCUT2D eigenvalue weighted by atomic mass is 32.1. The molecule has 14 heavy (non-hydrogen) atoms. The van der Waals surface area contributed by atoms with Crippen molar-refractivity contribution in [2.75, 3.05) is 25.4 Å². The first-order valence-corrected chi connectivity index (χ1v) is 5.57. The molecule has 76 valence electrons. The molecule has 1 aliphatic rings. The summed E-state index contributed by atoms with van der Waals surface area (Å²) in [7, 11) is 0. The van der Waals surface area contributed by atoms with Crippen LogP contribution in [0.2, 0.25) is 0 Å². The van der Waals surface area contributed by atoms with Crippen molar-refractivity contribution in [3.05, 3.63) is 29.8 Å². The lowest BCUT2D eigenvalue weighted by molar-refractivity contribution is 0.236. The number of rotatable bonds is 2. The van der Waals surface area contributed by atoms with Crippen LogP contribution >= 0.6 is 12.6 Å². The predicted octanol–water partition coefficient (Wildman–Crippen LogP) is 1.81. The highest BCUT2D eigenvalue weighted by Gasteiger charge is 2.13. The minimum Gasteiger partial charge on any atom is -0.492 e. The van der Waals surface area contributed by atoms with Gasteiger partial charge in [0.1, 0.15) is 12.4 Å². The van der Waals surface area contributed by atoms with Crippen LogP contribution < -0.4 is 4.74 Å². The van der Waals surface area contributed by atoms with Crippen LogP contribution in [0.25, 0.3) is 0 Å². The summed E-state index contributed by atoms with van der Waals surface area (Å²) in [6, 6.07) is 8.26. The normalized spacial score (nSPS) is 16.9. The van der Waals surface area contributed by atoms with Crippen LogP contribution in [0, 0.1) is 0 Å². The van der Waals surface area contributed by atoms with E-state index in [1.165, 1.54) is 5.56 Å². The first-order valence-electron chi connectivity index (χ1n) is 4.94. The Labute approximate surface area is 90.3 Å². The molecule has 0 unspecified atom stereocenters. The number of para-hydroxylation sites is 1. The number of ether oxygens (including phenoxy) is 1. The van der Waals surface area contributed by atoms with Crippen molar-refractivity contribution in [3.63, 3.8) is 0 Å². The largest absolute Gasteiger partial charge is 0.492 e. The lowest BCUT2D eigenvalue weighted by Gasteiger charge is -2.17. The van der Waals surface area contributed by atoms with Crippen molar-refractivity contribution in [1.29, 1.82) is 0 Å². The number of thiol groups is 1. The van der Waals surface area contributed by atoms with Gasteiger partial charge in [-0.25, -0.2) is 0 Å². The zero-order chi connectivity index (χ0) is 9.80. The van der Waals surface area contributed by atoms with Gasteiger partial charge in [0.2, 0.25) is 0 Å². The quantitative estimate of drug-likeness (QED) is 0.746. The van der Waals surface area contributed by atoms with Gasteiger partial charge in [-0.1, -0.05) is 18.2 Å². The molecule has 0 N–H and O–H groups in total. The predicted molar refractivity (Wildman–Crippen MR) is 61.1 cm³/mol. The van der Waals surface area contributed by atoms with Gasteiger partial charge in [-0.05, 0) is 6.07 Å². The average molecular weight is 209 g/mol. The van der Waals surface area contributed by atoms with Crippen molar-refractivity contribution in [1.82, 2.24) is 4.90 Å². The van der Waals surface area contributed by atoms with E-state index >= 15 is 0 Å². The number of hydrogen-bond donors (Lipinski definition) is 1. The van der Waals surface area contributed by atoms with Gasteiger partial charge in [-0.2, -0.15) is 12.6 Å². The van der Waals surface area contributed by atoms with E-state index in [0.717, 1.165) is 37.7 Å². The number of fused-ring (bicyclic) bond motifs is 1. The monoisotopic (exact) mass is 209 g/mol. The van der Waals surface area contributed by atoms with E-state index in [9.17, 15) is 0 Å². The molecule has 0 radical (unpaired) electrons. The van der Waals surface area contributed by atoms with Gasteiger partial charge in [-0.15, -0.1) is 0 Å². The Bertz CT molecular complexity index is 303. The van der Waals surface area contributed by atoms with Crippen molar-refractivity contribution in [3.8, 4) is 5.75 Å². The smallest absolute Gasteiger partial charge is 0.123 e. The molecule has 0 saturated heterocycles. The van der Waals surface area contributed by atoms with Gasteiger partial charge in [0.25, 0.3) is 0 Å². The average Bonchev–Trinajstić information content (AvgIpc) is 2.40. The lowest BCUT2D eigenvalue weighted by atomic mass is 10.2. The van der Waals surface area contributed by atoms with E-state index < -0.39 is 0 Å². The summed E-state index contributed by atoms with van der Waals surface area (Å²) < 4.78 is 5.66. The Morgan fingerprint density at radius 3 is 3.07 bits per heavy atom. The molecule has 0 spiro atoms. The van der Waals surface area contributed by atoms with E-state index in [4.69, 9.17) is 4.74 Å². The first kappa shape index (κ1) is 9.87. The first-order chi connectivity index (χ1) is 6.90. The molecule has 1 aromatic carbocycles. The Kier molecular flexibility index (Phi) is 3.32. The maximum Gasteiger partial charge on any atom is 0.123 e. The fraction of sp³-hybridized carbons (Fsp3) is 0.455. The molecular formula is C11H15NOS. The van der Waals surface area contributed by atoms with Crippen molar-refractivity contribution in [2.24, 2.45) is 0 Å². The minimum absolute atomic E-state index is 0.783. The third-order valence-electron chi connectivity index (χ3n) is 2.45. The van der Waals surface area contributed by atoms with Crippen LogP contribution in [0.15, 0.2) is 24.3 Å². The molecule has 1 aromatic rings. The van der Waals surface area contributed by atoms with E-state index in [-0.39, 0.29) is 0 Å². The van der Waals surface area contributed by atoms with Crippen molar-refractivity contribution >= 4 is 12.6 Å². The summed E-state index contributed by atoms with van der Waals surface area (Å²) in [6.07, 6.45) is 0. The van der Waals surface area contributed by atoms with Crippen LogP contribution in [-0.2, 0) is 6.54 Å². The van der Waals surface area contributed by atoms with E-state index in [1.54, 1.807) is 0 Å². The third-order valence-corrected chi connectivity index (χ3v) is 2.65. The molecule has 2 rings (SSSR count). The molecule has 0 aromatic heterocycles.